The van der Waals surface area contributed by atoms with Gasteiger partial charge in [-0.25, -0.2) is 0 Å². The lowest BCUT2D eigenvalue weighted by atomic mass is 9.93. The lowest BCUT2D eigenvalue weighted by Gasteiger charge is -2.31. The van der Waals surface area contributed by atoms with Gasteiger partial charge in [0.25, 0.3) is 0 Å². The van der Waals surface area contributed by atoms with Gasteiger partial charge in [-0.05, 0) is 12.8 Å². The molecule has 0 aromatic rings. The van der Waals surface area contributed by atoms with Crippen molar-refractivity contribution in [2.45, 2.75) is 51.5 Å². The van der Waals surface area contributed by atoms with Gasteiger partial charge in [-0.1, -0.05) is 13.8 Å². The number of likely N-dealkylation sites (tertiary alicyclic amines) is 1. The van der Waals surface area contributed by atoms with Crippen LogP contribution in [0.15, 0.2) is 0 Å². The summed E-state index contributed by atoms with van der Waals surface area (Å²) in [6.45, 7) is 4.50. The molecule has 1 aliphatic heterocycles. The number of carbonyl (C=O) groups excluding carboxylic acids is 3. The van der Waals surface area contributed by atoms with E-state index < -0.39 is 0 Å². The van der Waals surface area contributed by atoms with E-state index in [2.05, 4.69) is 5.32 Å². The number of nitrogens with two attached hydrogens (primary N) is 1. The molecule has 0 bridgehead atoms. The lowest BCUT2D eigenvalue weighted by Crippen LogP contribution is -2.53. The van der Waals surface area contributed by atoms with Crippen LogP contribution in [0.1, 0.15) is 46.0 Å². The standard InChI is InChI=1S/C13H23N3O3.ClH/c1-3-13(4-2,9-14)15-10(17)7-8-16-11(18)5-6-12(16)19;/h3-9,14H2,1-2H3,(H,15,17);1H. The third kappa shape index (κ3) is 4.45. The van der Waals surface area contributed by atoms with Crippen LogP contribution in [0.4, 0.5) is 0 Å². The van der Waals surface area contributed by atoms with Crippen molar-refractivity contribution in [3.8, 4) is 0 Å². The Bertz CT molecular complexity index is 346. The van der Waals surface area contributed by atoms with Crippen molar-refractivity contribution in [2.24, 2.45) is 5.73 Å². The van der Waals surface area contributed by atoms with Gasteiger partial charge >= 0.3 is 0 Å². The van der Waals surface area contributed by atoms with E-state index in [0.29, 0.717) is 6.54 Å². The van der Waals surface area contributed by atoms with Gasteiger partial charge < -0.3 is 11.1 Å². The minimum atomic E-state index is -0.379. The first kappa shape index (κ1) is 18.9. The molecule has 1 saturated heterocycles. The number of imide groups is 1. The minimum absolute atomic E-state index is 0. The molecule has 0 atom stereocenters. The van der Waals surface area contributed by atoms with Crippen LogP contribution in [0.25, 0.3) is 0 Å². The first-order chi connectivity index (χ1) is 8.98. The molecule has 0 unspecified atom stereocenters. The number of halogens is 1. The molecule has 0 aromatic carbocycles. The van der Waals surface area contributed by atoms with Gasteiger partial charge in [0.1, 0.15) is 0 Å². The highest BCUT2D eigenvalue weighted by Crippen LogP contribution is 2.15. The summed E-state index contributed by atoms with van der Waals surface area (Å²) in [5, 5.41) is 2.92. The van der Waals surface area contributed by atoms with E-state index in [4.69, 9.17) is 5.73 Å². The molecule has 3 N–H and O–H groups in total. The minimum Gasteiger partial charge on any atom is -0.349 e. The maximum Gasteiger partial charge on any atom is 0.229 e. The number of rotatable bonds is 7. The average Bonchev–Trinajstić information content (AvgIpc) is 2.73. The van der Waals surface area contributed by atoms with Crippen molar-refractivity contribution in [2.75, 3.05) is 13.1 Å². The summed E-state index contributed by atoms with van der Waals surface area (Å²) in [5.74, 6) is -0.538. The van der Waals surface area contributed by atoms with Gasteiger partial charge in [0, 0.05) is 32.4 Å². The second-order valence-corrected chi connectivity index (χ2v) is 4.93. The second-order valence-electron chi connectivity index (χ2n) is 4.93. The molecule has 0 saturated carbocycles. The Morgan fingerprint density at radius 2 is 1.75 bits per heavy atom. The molecular weight excluding hydrogens is 282 g/mol. The Balaban J connectivity index is 0.00000361. The van der Waals surface area contributed by atoms with E-state index in [9.17, 15) is 14.4 Å². The van der Waals surface area contributed by atoms with E-state index in [-0.39, 0.29) is 61.5 Å². The van der Waals surface area contributed by atoms with Crippen LogP contribution >= 0.6 is 12.4 Å². The number of hydrogen-bond acceptors (Lipinski definition) is 4. The number of nitrogens with one attached hydrogen (secondary N) is 1. The van der Waals surface area contributed by atoms with Crippen LogP contribution < -0.4 is 11.1 Å². The lowest BCUT2D eigenvalue weighted by molar-refractivity contribution is -0.138. The predicted octanol–water partition coefficient (Wildman–Crippen LogP) is 0.581. The molecule has 1 rings (SSSR count). The maximum atomic E-state index is 11.9. The highest BCUT2D eigenvalue weighted by Gasteiger charge is 2.30. The zero-order valence-corrected chi connectivity index (χ0v) is 12.9. The fourth-order valence-electron chi connectivity index (χ4n) is 2.21. The zero-order chi connectivity index (χ0) is 14.5. The second kappa shape index (κ2) is 8.21. The van der Waals surface area contributed by atoms with Crippen LogP contribution in [0, 0.1) is 0 Å². The number of hydrogen-bond donors (Lipinski definition) is 2. The highest BCUT2D eigenvalue weighted by atomic mass is 35.5. The van der Waals surface area contributed by atoms with Gasteiger partial charge in [0.2, 0.25) is 17.7 Å². The Kier molecular flexibility index (Phi) is 7.75. The quantitative estimate of drug-likeness (QED) is 0.673. The normalized spacial score (nSPS) is 15.2. The molecule has 0 radical (unpaired) electrons. The molecule has 116 valence electrons. The van der Waals surface area contributed by atoms with Crippen molar-refractivity contribution in [1.82, 2.24) is 10.2 Å². The van der Waals surface area contributed by atoms with Crippen LogP contribution in [0.2, 0.25) is 0 Å². The number of carbonyl (C=O) groups is 3. The van der Waals surface area contributed by atoms with Crippen LogP contribution in [-0.4, -0.2) is 41.2 Å². The van der Waals surface area contributed by atoms with Crippen molar-refractivity contribution < 1.29 is 14.4 Å². The summed E-state index contributed by atoms with van der Waals surface area (Å²) in [7, 11) is 0. The molecule has 0 spiro atoms. The van der Waals surface area contributed by atoms with Crippen LogP contribution in [-0.2, 0) is 14.4 Å². The molecule has 7 heteroatoms. The zero-order valence-electron chi connectivity index (χ0n) is 12.1. The first-order valence-electron chi connectivity index (χ1n) is 6.82. The van der Waals surface area contributed by atoms with Gasteiger partial charge in [0.05, 0.1) is 5.54 Å². The summed E-state index contributed by atoms with van der Waals surface area (Å²) in [5.41, 5.74) is 5.33. The number of nitrogens with zero attached hydrogens (tertiary/aromatic N) is 1. The van der Waals surface area contributed by atoms with E-state index >= 15 is 0 Å². The summed E-state index contributed by atoms with van der Waals surface area (Å²) in [6, 6.07) is 0. The Morgan fingerprint density at radius 3 is 2.15 bits per heavy atom. The monoisotopic (exact) mass is 305 g/mol. The van der Waals surface area contributed by atoms with Crippen LogP contribution in [0.3, 0.4) is 0 Å². The fraction of sp³-hybridized carbons (Fsp3) is 0.769. The summed E-state index contributed by atoms with van der Waals surface area (Å²) in [6.07, 6.45) is 2.17. The van der Waals surface area contributed by atoms with Crippen molar-refractivity contribution in [3.05, 3.63) is 0 Å². The third-order valence-corrected chi connectivity index (χ3v) is 3.87. The van der Waals surface area contributed by atoms with Gasteiger partial charge in [-0.3, -0.25) is 19.3 Å². The average molecular weight is 306 g/mol. The van der Waals surface area contributed by atoms with E-state index in [1.165, 1.54) is 4.90 Å². The first-order valence-corrected chi connectivity index (χ1v) is 6.82. The molecule has 3 amide bonds. The van der Waals surface area contributed by atoms with E-state index in [0.717, 1.165) is 12.8 Å². The van der Waals surface area contributed by atoms with Crippen molar-refractivity contribution in [1.29, 1.82) is 0 Å². The highest BCUT2D eigenvalue weighted by molar-refractivity contribution is 6.02. The van der Waals surface area contributed by atoms with E-state index in [1.54, 1.807) is 0 Å². The Morgan fingerprint density at radius 1 is 1.25 bits per heavy atom. The van der Waals surface area contributed by atoms with Crippen LogP contribution in [0.5, 0.6) is 0 Å². The molecule has 0 aliphatic carbocycles. The van der Waals surface area contributed by atoms with Gasteiger partial charge in [-0.15, -0.1) is 12.4 Å². The molecule has 1 aliphatic rings. The molecule has 20 heavy (non-hydrogen) atoms. The molecule has 1 fully saturated rings. The predicted molar refractivity (Wildman–Crippen MR) is 78.3 cm³/mol. The summed E-state index contributed by atoms with van der Waals surface area (Å²) >= 11 is 0. The van der Waals surface area contributed by atoms with Crippen molar-refractivity contribution in [3.63, 3.8) is 0 Å². The summed E-state index contributed by atoms with van der Waals surface area (Å²) in [4.78, 5) is 35.9. The Hall–Kier alpha value is -1.14. The maximum absolute atomic E-state index is 11.9. The smallest absolute Gasteiger partial charge is 0.229 e. The topological polar surface area (TPSA) is 92.5 Å². The number of amides is 3. The summed E-state index contributed by atoms with van der Waals surface area (Å²) < 4.78 is 0. The SMILES string of the molecule is CCC(CC)(CN)NC(=O)CCN1C(=O)CCC1=O.Cl. The molecule has 6 nitrogen and oxygen atoms in total. The van der Waals surface area contributed by atoms with Gasteiger partial charge in [-0.2, -0.15) is 0 Å². The molecular formula is C13H24ClN3O3. The largest absolute Gasteiger partial charge is 0.349 e. The molecule has 1 heterocycles. The molecule has 0 aromatic heterocycles. The fourth-order valence-corrected chi connectivity index (χ4v) is 2.21. The van der Waals surface area contributed by atoms with Gasteiger partial charge in [0.15, 0.2) is 0 Å². The van der Waals surface area contributed by atoms with Crippen molar-refractivity contribution >= 4 is 30.1 Å². The Labute approximate surface area is 125 Å². The van der Waals surface area contributed by atoms with E-state index in [1.807, 2.05) is 13.8 Å². The third-order valence-electron chi connectivity index (χ3n) is 3.87.